The molecule has 2 aromatic heterocycles. The number of methoxy groups -OCH3 is 1. The molecule has 0 saturated heterocycles. The molecule has 3 N–H and O–H groups in total. The van der Waals surface area contributed by atoms with Gasteiger partial charge in [0.2, 0.25) is 0 Å². The largest absolute Gasteiger partial charge is 0.495 e. The van der Waals surface area contributed by atoms with Crippen LogP contribution in [0.5, 0.6) is 5.75 Å². The topological polar surface area (TPSA) is 73.1 Å². The first-order valence-electron chi connectivity index (χ1n) is 5.69. The highest BCUT2D eigenvalue weighted by Gasteiger charge is 2.16. The highest BCUT2D eigenvalue weighted by molar-refractivity contribution is 5.30. The van der Waals surface area contributed by atoms with Gasteiger partial charge in [0.05, 0.1) is 13.2 Å². The molecule has 94 valence electrons. The number of nitrogens with one attached hydrogen (secondary N) is 1. The lowest BCUT2D eigenvalue weighted by Crippen LogP contribution is -2.30. The SMILES string of the molecule is COc1cccnc1C(Cc1ccncc1)NN. The van der Waals surface area contributed by atoms with Crippen molar-refractivity contribution in [2.75, 3.05) is 7.11 Å². The minimum Gasteiger partial charge on any atom is -0.495 e. The first-order chi connectivity index (χ1) is 8.85. The van der Waals surface area contributed by atoms with Crippen LogP contribution in [0.4, 0.5) is 0 Å². The van der Waals surface area contributed by atoms with E-state index < -0.39 is 0 Å². The van der Waals surface area contributed by atoms with Crippen molar-refractivity contribution in [1.29, 1.82) is 0 Å². The molecule has 5 nitrogen and oxygen atoms in total. The third kappa shape index (κ3) is 2.82. The van der Waals surface area contributed by atoms with E-state index in [9.17, 15) is 0 Å². The van der Waals surface area contributed by atoms with Crippen molar-refractivity contribution in [3.8, 4) is 5.75 Å². The Morgan fingerprint density at radius 2 is 2.06 bits per heavy atom. The minimum atomic E-state index is -0.0939. The molecule has 0 bridgehead atoms. The number of hydrogen-bond donors (Lipinski definition) is 2. The highest BCUT2D eigenvalue weighted by Crippen LogP contribution is 2.24. The maximum absolute atomic E-state index is 5.62. The van der Waals surface area contributed by atoms with Crippen molar-refractivity contribution in [2.45, 2.75) is 12.5 Å². The third-order valence-corrected chi connectivity index (χ3v) is 2.74. The van der Waals surface area contributed by atoms with Gasteiger partial charge in [-0.05, 0) is 36.2 Å². The van der Waals surface area contributed by atoms with Crippen LogP contribution in [-0.4, -0.2) is 17.1 Å². The molecule has 0 amide bonds. The first-order valence-corrected chi connectivity index (χ1v) is 5.69. The van der Waals surface area contributed by atoms with E-state index in [0.29, 0.717) is 0 Å². The van der Waals surface area contributed by atoms with Crippen LogP contribution in [0.15, 0.2) is 42.9 Å². The molecular formula is C13H16N4O. The van der Waals surface area contributed by atoms with Crippen LogP contribution >= 0.6 is 0 Å². The number of hydrogen-bond acceptors (Lipinski definition) is 5. The van der Waals surface area contributed by atoms with Gasteiger partial charge in [0, 0.05) is 18.6 Å². The summed E-state index contributed by atoms with van der Waals surface area (Å²) >= 11 is 0. The quantitative estimate of drug-likeness (QED) is 0.611. The summed E-state index contributed by atoms with van der Waals surface area (Å²) in [7, 11) is 1.63. The number of aromatic nitrogens is 2. The summed E-state index contributed by atoms with van der Waals surface area (Å²) in [5.41, 5.74) is 4.72. The fourth-order valence-corrected chi connectivity index (χ4v) is 1.83. The van der Waals surface area contributed by atoms with E-state index >= 15 is 0 Å². The maximum atomic E-state index is 5.62. The van der Waals surface area contributed by atoms with Crippen molar-refractivity contribution >= 4 is 0 Å². The molecule has 2 heterocycles. The minimum absolute atomic E-state index is 0.0939. The molecule has 1 atom stereocenters. The van der Waals surface area contributed by atoms with Gasteiger partial charge in [-0.1, -0.05) is 0 Å². The van der Waals surface area contributed by atoms with Crippen LogP contribution < -0.4 is 16.0 Å². The molecule has 5 heteroatoms. The molecule has 0 fully saturated rings. The molecule has 0 aliphatic rings. The number of ether oxygens (including phenoxy) is 1. The summed E-state index contributed by atoms with van der Waals surface area (Å²) in [6, 6.07) is 7.53. The normalized spacial score (nSPS) is 12.1. The van der Waals surface area contributed by atoms with Gasteiger partial charge in [0.25, 0.3) is 0 Å². The van der Waals surface area contributed by atoms with Gasteiger partial charge in [-0.2, -0.15) is 0 Å². The van der Waals surface area contributed by atoms with Gasteiger partial charge in [-0.15, -0.1) is 0 Å². The molecule has 2 rings (SSSR count). The molecule has 18 heavy (non-hydrogen) atoms. The number of pyridine rings is 2. The van der Waals surface area contributed by atoms with E-state index in [-0.39, 0.29) is 6.04 Å². The van der Waals surface area contributed by atoms with E-state index in [4.69, 9.17) is 10.6 Å². The number of hydrazine groups is 1. The van der Waals surface area contributed by atoms with E-state index in [2.05, 4.69) is 15.4 Å². The molecule has 0 aliphatic carbocycles. The summed E-state index contributed by atoms with van der Waals surface area (Å²) in [6.45, 7) is 0. The molecule has 1 unspecified atom stereocenters. The van der Waals surface area contributed by atoms with Gasteiger partial charge in [0.1, 0.15) is 11.4 Å². The van der Waals surface area contributed by atoms with E-state index in [0.717, 1.165) is 23.4 Å². The van der Waals surface area contributed by atoms with Gasteiger partial charge in [-0.3, -0.25) is 21.2 Å². The lowest BCUT2D eigenvalue weighted by molar-refractivity contribution is 0.394. The predicted molar refractivity (Wildman–Crippen MR) is 68.8 cm³/mol. The first kappa shape index (κ1) is 12.5. The zero-order chi connectivity index (χ0) is 12.8. The Balaban J connectivity index is 2.23. The number of nitrogens with zero attached hydrogens (tertiary/aromatic N) is 2. The van der Waals surface area contributed by atoms with E-state index in [1.165, 1.54) is 0 Å². The Kier molecular flexibility index (Phi) is 4.22. The van der Waals surface area contributed by atoms with Crippen molar-refractivity contribution < 1.29 is 4.74 Å². The van der Waals surface area contributed by atoms with Crippen LogP contribution in [0.25, 0.3) is 0 Å². The molecule has 0 saturated carbocycles. The highest BCUT2D eigenvalue weighted by atomic mass is 16.5. The fourth-order valence-electron chi connectivity index (χ4n) is 1.83. The molecular weight excluding hydrogens is 228 g/mol. The predicted octanol–water partition coefficient (Wildman–Crippen LogP) is 1.23. The van der Waals surface area contributed by atoms with E-state index in [1.807, 2.05) is 24.3 Å². The monoisotopic (exact) mass is 244 g/mol. The number of nitrogens with two attached hydrogens (primary N) is 1. The van der Waals surface area contributed by atoms with Crippen LogP contribution in [0.2, 0.25) is 0 Å². The average Bonchev–Trinajstić information content (AvgIpc) is 2.46. The van der Waals surface area contributed by atoms with Crippen molar-refractivity contribution in [1.82, 2.24) is 15.4 Å². The van der Waals surface area contributed by atoms with Crippen molar-refractivity contribution in [2.24, 2.45) is 5.84 Å². The van der Waals surface area contributed by atoms with Crippen molar-refractivity contribution in [3.05, 3.63) is 54.1 Å². The summed E-state index contributed by atoms with van der Waals surface area (Å²) in [5, 5.41) is 0. The second-order valence-electron chi connectivity index (χ2n) is 3.87. The summed E-state index contributed by atoms with van der Waals surface area (Å²) in [6.07, 6.45) is 5.98. The van der Waals surface area contributed by atoms with Gasteiger partial charge in [-0.25, -0.2) is 0 Å². The van der Waals surface area contributed by atoms with Crippen LogP contribution in [0, 0.1) is 0 Å². The lowest BCUT2D eigenvalue weighted by atomic mass is 10.0. The zero-order valence-electron chi connectivity index (χ0n) is 10.2. The number of rotatable bonds is 5. The zero-order valence-corrected chi connectivity index (χ0v) is 10.2. The average molecular weight is 244 g/mol. The lowest BCUT2D eigenvalue weighted by Gasteiger charge is -2.17. The molecule has 0 aromatic carbocycles. The maximum Gasteiger partial charge on any atom is 0.142 e. The Hall–Kier alpha value is -1.98. The van der Waals surface area contributed by atoms with E-state index in [1.54, 1.807) is 25.7 Å². The smallest absolute Gasteiger partial charge is 0.142 e. The van der Waals surface area contributed by atoms with Crippen LogP contribution in [-0.2, 0) is 6.42 Å². The molecule has 0 spiro atoms. The third-order valence-electron chi connectivity index (χ3n) is 2.74. The Morgan fingerprint density at radius 1 is 1.28 bits per heavy atom. The van der Waals surface area contributed by atoms with Crippen LogP contribution in [0.3, 0.4) is 0 Å². The van der Waals surface area contributed by atoms with Gasteiger partial charge in [0.15, 0.2) is 0 Å². The molecule has 2 aromatic rings. The standard InChI is InChI=1S/C13H16N4O/c1-18-12-3-2-6-16-13(12)11(17-14)9-10-4-7-15-8-5-10/h2-8,11,17H,9,14H2,1H3. The second kappa shape index (κ2) is 6.09. The van der Waals surface area contributed by atoms with Gasteiger partial charge < -0.3 is 4.74 Å². The Labute approximate surface area is 106 Å². The summed E-state index contributed by atoms with van der Waals surface area (Å²) < 4.78 is 5.30. The van der Waals surface area contributed by atoms with Crippen molar-refractivity contribution in [3.63, 3.8) is 0 Å². The second-order valence-corrected chi connectivity index (χ2v) is 3.87. The summed E-state index contributed by atoms with van der Waals surface area (Å²) in [5.74, 6) is 6.35. The van der Waals surface area contributed by atoms with Gasteiger partial charge >= 0.3 is 0 Å². The fraction of sp³-hybridized carbons (Fsp3) is 0.231. The molecule has 0 aliphatic heterocycles. The Morgan fingerprint density at radius 3 is 2.72 bits per heavy atom. The van der Waals surface area contributed by atoms with Crippen LogP contribution in [0.1, 0.15) is 17.3 Å². The molecule has 0 radical (unpaired) electrons. The summed E-state index contributed by atoms with van der Waals surface area (Å²) in [4.78, 5) is 8.33. The Bertz CT molecular complexity index is 489.